The molecule has 23 heavy (non-hydrogen) atoms. The Bertz CT molecular complexity index is 541. The highest BCUT2D eigenvalue weighted by molar-refractivity contribution is 5.81. The fourth-order valence-electron chi connectivity index (χ4n) is 2.63. The summed E-state index contributed by atoms with van der Waals surface area (Å²) in [5.41, 5.74) is 0.627. The van der Waals surface area contributed by atoms with Crippen LogP contribution in [0.5, 0.6) is 5.88 Å². The van der Waals surface area contributed by atoms with Gasteiger partial charge in [0.05, 0.1) is 12.3 Å². The van der Waals surface area contributed by atoms with Gasteiger partial charge in [0.15, 0.2) is 0 Å². The average molecular weight is 319 g/mol. The van der Waals surface area contributed by atoms with Gasteiger partial charge in [-0.05, 0) is 12.5 Å². The van der Waals surface area contributed by atoms with Gasteiger partial charge in [0, 0.05) is 35.9 Å². The van der Waals surface area contributed by atoms with Crippen molar-refractivity contribution in [2.24, 2.45) is 11.3 Å². The zero-order chi connectivity index (χ0) is 17.3. The number of likely N-dealkylation sites (tertiary alicyclic amines) is 1. The molecular weight excluding hydrogens is 290 g/mol. The van der Waals surface area contributed by atoms with E-state index in [0.717, 1.165) is 25.2 Å². The van der Waals surface area contributed by atoms with Crippen LogP contribution in [0.4, 0.5) is 0 Å². The first-order valence-corrected chi connectivity index (χ1v) is 8.34. The Hall–Kier alpha value is -1.65. The molecule has 1 aliphatic rings. The lowest BCUT2D eigenvalue weighted by molar-refractivity contribution is -0.138. The third kappa shape index (κ3) is 4.66. The van der Waals surface area contributed by atoms with Crippen LogP contribution in [0.3, 0.4) is 0 Å². The van der Waals surface area contributed by atoms with E-state index in [0.29, 0.717) is 18.4 Å². The number of amides is 1. The van der Waals surface area contributed by atoms with Crippen molar-refractivity contribution >= 4 is 5.91 Å². The molecule has 0 N–H and O–H groups in total. The molecule has 1 unspecified atom stereocenters. The Morgan fingerprint density at radius 1 is 1.22 bits per heavy atom. The minimum absolute atomic E-state index is 0.00913. The third-order valence-corrected chi connectivity index (χ3v) is 4.09. The van der Waals surface area contributed by atoms with Crippen LogP contribution in [0.25, 0.3) is 0 Å². The molecule has 0 saturated carbocycles. The monoisotopic (exact) mass is 319 g/mol. The van der Waals surface area contributed by atoms with Crippen LogP contribution in [0.1, 0.15) is 53.7 Å². The Morgan fingerprint density at radius 2 is 1.91 bits per heavy atom. The van der Waals surface area contributed by atoms with Gasteiger partial charge in [0.25, 0.3) is 0 Å². The van der Waals surface area contributed by atoms with E-state index in [1.165, 1.54) is 0 Å². The number of nitrogens with zero attached hydrogens (tertiary/aromatic N) is 3. The van der Waals surface area contributed by atoms with E-state index < -0.39 is 0 Å². The first-order valence-electron chi connectivity index (χ1n) is 8.34. The van der Waals surface area contributed by atoms with Gasteiger partial charge in [0.1, 0.15) is 0 Å². The van der Waals surface area contributed by atoms with Crippen molar-refractivity contribution in [1.29, 1.82) is 0 Å². The van der Waals surface area contributed by atoms with Crippen molar-refractivity contribution in [2.45, 2.75) is 53.4 Å². The number of aromatic nitrogens is 2. The van der Waals surface area contributed by atoms with Crippen LogP contribution in [-0.4, -0.2) is 40.7 Å². The summed E-state index contributed by atoms with van der Waals surface area (Å²) in [5.74, 6) is 1.14. The largest absolute Gasteiger partial charge is 0.476 e. The SMILES string of the molecule is CC(C)(C)C(=O)N1CCC(COc2ccc(C(C)(C)C)nn2)C1. The number of hydrogen-bond acceptors (Lipinski definition) is 4. The summed E-state index contributed by atoms with van der Waals surface area (Å²) in [4.78, 5) is 14.2. The number of carbonyl (C=O) groups is 1. The summed E-state index contributed by atoms with van der Waals surface area (Å²) in [5, 5.41) is 8.38. The van der Waals surface area contributed by atoms with E-state index in [-0.39, 0.29) is 16.7 Å². The lowest BCUT2D eigenvalue weighted by atomic mass is 9.92. The van der Waals surface area contributed by atoms with Crippen molar-refractivity contribution in [3.05, 3.63) is 17.8 Å². The van der Waals surface area contributed by atoms with E-state index >= 15 is 0 Å². The first kappa shape index (κ1) is 17.7. The Labute approximate surface area is 139 Å². The average Bonchev–Trinajstić information content (AvgIpc) is 2.91. The molecular formula is C18H29N3O2. The molecule has 1 aromatic heterocycles. The molecule has 0 radical (unpaired) electrons. The molecule has 0 aromatic carbocycles. The van der Waals surface area contributed by atoms with Crippen LogP contribution in [0.2, 0.25) is 0 Å². The summed E-state index contributed by atoms with van der Waals surface area (Å²) < 4.78 is 5.76. The van der Waals surface area contributed by atoms with Gasteiger partial charge in [-0.15, -0.1) is 5.10 Å². The molecule has 0 bridgehead atoms. The van der Waals surface area contributed by atoms with Gasteiger partial charge in [-0.2, -0.15) is 5.10 Å². The molecule has 5 nitrogen and oxygen atoms in total. The van der Waals surface area contributed by atoms with Crippen molar-refractivity contribution in [2.75, 3.05) is 19.7 Å². The van der Waals surface area contributed by atoms with Crippen LogP contribution >= 0.6 is 0 Å². The molecule has 2 heterocycles. The van der Waals surface area contributed by atoms with Gasteiger partial charge >= 0.3 is 0 Å². The highest BCUT2D eigenvalue weighted by atomic mass is 16.5. The number of carbonyl (C=O) groups excluding carboxylic acids is 1. The van der Waals surface area contributed by atoms with Crippen LogP contribution in [-0.2, 0) is 10.2 Å². The summed E-state index contributed by atoms with van der Waals surface area (Å²) >= 11 is 0. The van der Waals surface area contributed by atoms with Gasteiger partial charge in [-0.1, -0.05) is 41.5 Å². The third-order valence-electron chi connectivity index (χ3n) is 4.09. The normalized spacial score (nSPS) is 19.0. The Morgan fingerprint density at radius 3 is 2.43 bits per heavy atom. The molecule has 1 aromatic rings. The lowest BCUT2D eigenvalue weighted by Crippen LogP contribution is -2.38. The summed E-state index contributed by atoms with van der Waals surface area (Å²) in [6, 6.07) is 3.84. The maximum atomic E-state index is 12.3. The fourth-order valence-corrected chi connectivity index (χ4v) is 2.63. The molecule has 1 fully saturated rings. The summed E-state index contributed by atoms with van der Waals surface area (Å²) in [6.07, 6.45) is 0.981. The molecule has 1 amide bonds. The minimum atomic E-state index is -0.315. The maximum absolute atomic E-state index is 12.3. The van der Waals surface area contributed by atoms with Crippen LogP contribution in [0, 0.1) is 11.3 Å². The van der Waals surface area contributed by atoms with E-state index in [9.17, 15) is 4.79 Å². The molecule has 2 rings (SSSR count). The molecule has 128 valence electrons. The number of hydrogen-bond donors (Lipinski definition) is 0. The fraction of sp³-hybridized carbons (Fsp3) is 0.722. The molecule has 5 heteroatoms. The topological polar surface area (TPSA) is 55.3 Å². The molecule has 1 atom stereocenters. The standard InChI is InChI=1S/C18H29N3O2/c1-17(2,3)14-7-8-15(20-19-14)23-12-13-9-10-21(11-13)16(22)18(4,5)6/h7-8,13H,9-12H2,1-6H3. The first-order chi connectivity index (χ1) is 10.6. The molecule has 1 aliphatic heterocycles. The smallest absolute Gasteiger partial charge is 0.233 e. The predicted molar refractivity (Wildman–Crippen MR) is 90.4 cm³/mol. The number of rotatable bonds is 3. The molecule has 0 aliphatic carbocycles. The van der Waals surface area contributed by atoms with E-state index in [1.54, 1.807) is 0 Å². The second-order valence-corrected chi connectivity index (χ2v) is 8.47. The minimum Gasteiger partial charge on any atom is -0.476 e. The van der Waals surface area contributed by atoms with E-state index in [4.69, 9.17) is 4.74 Å². The van der Waals surface area contributed by atoms with Gasteiger partial charge < -0.3 is 9.64 Å². The van der Waals surface area contributed by atoms with Crippen molar-refractivity contribution < 1.29 is 9.53 Å². The highest BCUT2D eigenvalue weighted by Gasteiger charge is 2.33. The quantitative estimate of drug-likeness (QED) is 0.859. The zero-order valence-corrected chi connectivity index (χ0v) is 15.2. The van der Waals surface area contributed by atoms with Gasteiger partial charge in [-0.25, -0.2) is 0 Å². The zero-order valence-electron chi connectivity index (χ0n) is 15.2. The lowest BCUT2D eigenvalue weighted by Gasteiger charge is -2.25. The van der Waals surface area contributed by atoms with Crippen LogP contribution in [0.15, 0.2) is 12.1 Å². The Kier molecular flexibility index (Phi) is 4.97. The van der Waals surface area contributed by atoms with Gasteiger partial charge in [0.2, 0.25) is 11.8 Å². The van der Waals surface area contributed by atoms with E-state index in [2.05, 4.69) is 31.0 Å². The van der Waals surface area contributed by atoms with Crippen molar-refractivity contribution in [1.82, 2.24) is 15.1 Å². The van der Waals surface area contributed by atoms with Gasteiger partial charge in [-0.3, -0.25) is 4.79 Å². The van der Waals surface area contributed by atoms with Crippen molar-refractivity contribution in [3.63, 3.8) is 0 Å². The predicted octanol–water partition coefficient (Wildman–Crippen LogP) is 3.05. The Balaban J connectivity index is 1.85. The maximum Gasteiger partial charge on any atom is 0.233 e. The number of ether oxygens (including phenoxy) is 1. The van der Waals surface area contributed by atoms with Crippen molar-refractivity contribution in [3.8, 4) is 5.88 Å². The second kappa shape index (κ2) is 6.46. The molecule has 1 saturated heterocycles. The second-order valence-electron chi connectivity index (χ2n) is 8.47. The summed E-state index contributed by atoms with van der Waals surface area (Å²) in [7, 11) is 0. The highest BCUT2D eigenvalue weighted by Crippen LogP contribution is 2.25. The van der Waals surface area contributed by atoms with E-state index in [1.807, 2.05) is 37.8 Å². The van der Waals surface area contributed by atoms with Crippen LogP contribution < -0.4 is 4.74 Å². The summed E-state index contributed by atoms with van der Waals surface area (Å²) in [6.45, 7) is 14.4. The molecule has 0 spiro atoms.